The summed E-state index contributed by atoms with van der Waals surface area (Å²) in [5, 5.41) is 3.27. The molecule has 0 fully saturated rings. The predicted molar refractivity (Wildman–Crippen MR) is 50.4 cm³/mol. The fraction of sp³-hybridized carbons (Fsp3) is 0.556. The first kappa shape index (κ1) is 9.21. The Bertz CT molecular complexity index is 354. The van der Waals surface area contributed by atoms with E-state index in [-0.39, 0.29) is 6.04 Å². The van der Waals surface area contributed by atoms with Crippen LogP contribution >= 0.6 is 0 Å². The van der Waals surface area contributed by atoms with E-state index in [4.69, 9.17) is 9.47 Å². The Morgan fingerprint density at radius 2 is 2.07 bits per heavy atom. The first-order chi connectivity index (χ1) is 6.76. The number of fused-ring (bicyclic) bond motifs is 1. The van der Waals surface area contributed by atoms with Gasteiger partial charge in [-0.25, -0.2) is 0 Å². The van der Waals surface area contributed by atoms with Gasteiger partial charge in [0.15, 0.2) is 0 Å². The lowest BCUT2D eigenvalue weighted by Crippen LogP contribution is -2.08. The molecule has 1 atom stereocenters. The summed E-state index contributed by atoms with van der Waals surface area (Å²) in [7, 11) is 3.15. The van der Waals surface area contributed by atoms with E-state index in [1.54, 1.807) is 14.2 Å². The summed E-state index contributed by atoms with van der Waals surface area (Å²) in [6.45, 7) is 2.80. The molecule has 1 aromatic rings. The van der Waals surface area contributed by atoms with Crippen molar-refractivity contribution in [3.63, 3.8) is 0 Å². The number of rotatable bonds is 2. The van der Waals surface area contributed by atoms with Crippen LogP contribution in [0.3, 0.4) is 0 Å². The summed E-state index contributed by atoms with van der Waals surface area (Å²) in [6, 6.07) is 0.599. The molecular formula is C9H13N3O2. The van der Waals surface area contributed by atoms with E-state index in [1.807, 2.05) is 0 Å². The van der Waals surface area contributed by atoms with Crippen molar-refractivity contribution in [3.05, 3.63) is 11.3 Å². The van der Waals surface area contributed by atoms with Crippen LogP contribution in [0.5, 0.6) is 11.9 Å². The number of hydrogen-bond donors (Lipinski definition) is 1. The maximum atomic E-state index is 5.20. The van der Waals surface area contributed by atoms with Gasteiger partial charge in [0.25, 0.3) is 0 Å². The third kappa shape index (κ3) is 1.29. The van der Waals surface area contributed by atoms with Crippen molar-refractivity contribution in [1.82, 2.24) is 15.3 Å². The Kier molecular flexibility index (Phi) is 2.25. The van der Waals surface area contributed by atoms with Crippen molar-refractivity contribution >= 4 is 0 Å². The number of nitrogens with zero attached hydrogens (tertiary/aromatic N) is 2. The quantitative estimate of drug-likeness (QED) is 0.751. The molecule has 0 aromatic carbocycles. The van der Waals surface area contributed by atoms with Crippen molar-refractivity contribution < 1.29 is 9.47 Å². The van der Waals surface area contributed by atoms with Crippen molar-refractivity contribution in [1.29, 1.82) is 0 Å². The average Bonchev–Trinajstić information content (AvgIpc) is 2.59. The van der Waals surface area contributed by atoms with Crippen molar-refractivity contribution in [2.24, 2.45) is 0 Å². The molecule has 1 N–H and O–H groups in total. The number of hydrogen-bond acceptors (Lipinski definition) is 5. The molecule has 0 bridgehead atoms. The lowest BCUT2D eigenvalue weighted by molar-refractivity contribution is 0.347. The molecule has 1 aliphatic heterocycles. The number of aromatic nitrogens is 2. The Balaban J connectivity index is 2.52. The first-order valence-corrected chi connectivity index (χ1v) is 4.48. The molecule has 0 spiro atoms. The van der Waals surface area contributed by atoms with Gasteiger partial charge in [-0.1, -0.05) is 0 Å². The van der Waals surface area contributed by atoms with Crippen molar-refractivity contribution in [3.8, 4) is 11.9 Å². The van der Waals surface area contributed by atoms with E-state index in [0.717, 1.165) is 17.8 Å². The number of methoxy groups -OCH3 is 2. The number of ether oxygens (including phenoxy) is 2. The summed E-state index contributed by atoms with van der Waals surface area (Å²) >= 11 is 0. The topological polar surface area (TPSA) is 56.3 Å². The molecule has 1 unspecified atom stereocenters. The van der Waals surface area contributed by atoms with Gasteiger partial charge in [0.05, 0.1) is 25.5 Å². The second-order valence-corrected chi connectivity index (χ2v) is 3.18. The Hall–Kier alpha value is -1.36. The van der Waals surface area contributed by atoms with Gasteiger partial charge in [-0.3, -0.25) is 0 Å². The molecule has 0 radical (unpaired) electrons. The van der Waals surface area contributed by atoms with Crippen LogP contribution in [0.1, 0.15) is 24.2 Å². The van der Waals surface area contributed by atoms with Gasteiger partial charge >= 0.3 is 6.01 Å². The second-order valence-electron chi connectivity index (χ2n) is 3.18. The summed E-state index contributed by atoms with van der Waals surface area (Å²) in [5.41, 5.74) is 1.99. The normalized spacial score (nSPS) is 19.2. The van der Waals surface area contributed by atoms with E-state index in [1.165, 1.54) is 0 Å². The Morgan fingerprint density at radius 3 is 2.71 bits per heavy atom. The van der Waals surface area contributed by atoms with E-state index in [9.17, 15) is 0 Å². The largest absolute Gasteiger partial charge is 0.481 e. The maximum absolute atomic E-state index is 5.20. The average molecular weight is 195 g/mol. The van der Waals surface area contributed by atoms with Crippen LogP contribution in [-0.4, -0.2) is 24.2 Å². The molecule has 14 heavy (non-hydrogen) atoms. The highest BCUT2D eigenvalue weighted by Crippen LogP contribution is 2.31. The Labute approximate surface area is 82.5 Å². The minimum atomic E-state index is 0.242. The predicted octanol–water partition coefficient (Wildman–Crippen LogP) is 0.658. The summed E-state index contributed by atoms with van der Waals surface area (Å²) < 4.78 is 10.2. The minimum Gasteiger partial charge on any atom is -0.481 e. The lowest BCUT2D eigenvalue weighted by atomic mass is 10.1. The van der Waals surface area contributed by atoms with Gasteiger partial charge in [0, 0.05) is 12.6 Å². The smallest absolute Gasteiger partial charge is 0.319 e. The molecule has 1 aliphatic rings. The molecule has 2 heterocycles. The zero-order valence-corrected chi connectivity index (χ0v) is 8.50. The molecule has 0 saturated carbocycles. The van der Waals surface area contributed by atoms with E-state index in [0.29, 0.717) is 11.9 Å². The van der Waals surface area contributed by atoms with Crippen LogP contribution in [0.15, 0.2) is 0 Å². The fourth-order valence-corrected chi connectivity index (χ4v) is 1.64. The zero-order valence-electron chi connectivity index (χ0n) is 8.50. The lowest BCUT2D eigenvalue weighted by Gasteiger charge is -2.09. The van der Waals surface area contributed by atoms with Gasteiger partial charge in [0.1, 0.15) is 0 Å². The standard InChI is InChI=1S/C9H13N3O2/c1-5-7-6(4-10-5)11-9(14-3)12-8(7)13-2/h5,10H,4H2,1-3H3. The highest BCUT2D eigenvalue weighted by molar-refractivity contribution is 5.37. The maximum Gasteiger partial charge on any atom is 0.319 e. The summed E-state index contributed by atoms with van der Waals surface area (Å²) in [4.78, 5) is 8.39. The van der Waals surface area contributed by atoms with E-state index >= 15 is 0 Å². The SMILES string of the molecule is COc1nc2c(c(OC)n1)C(C)NC2. The second kappa shape index (κ2) is 3.42. The third-order valence-corrected chi connectivity index (χ3v) is 2.35. The van der Waals surface area contributed by atoms with Crippen molar-refractivity contribution in [2.45, 2.75) is 19.5 Å². The molecule has 1 aromatic heterocycles. The Morgan fingerprint density at radius 1 is 1.29 bits per heavy atom. The van der Waals surface area contributed by atoms with Crippen LogP contribution in [0.4, 0.5) is 0 Å². The fourth-order valence-electron chi connectivity index (χ4n) is 1.64. The molecule has 0 aliphatic carbocycles. The van der Waals surface area contributed by atoms with E-state index < -0.39 is 0 Å². The van der Waals surface area contributed by atoms with Crippen molar-refractivity contribution in [2.75, 3.05) is 14.2 Å². The van der Waals surface area contributed by atoms with Gasteiger partial charge in [-0.05, 0) is 6.92 Å². The molecular weight excluding hydrogens is 182 g/mol. The van der Waals surface area contributed by atoms with Crippen LogP contribution < -0.4 is 14.8 Å². The molecule has 0 saturated heterocycles. The highest BCUT2D eigenvalue weighted by Gasteiger charge is 2.25. The van der Waals surface area contributed by atoms with Gasteiger partial charge < -0.3 is 14.8 Å². The highest BCUT2D eigenvalue weighted by atomic mass is 16.5. The first-order valence-electron chi connectivity index (χ1n) is 4.48. The summed E-state index contributed by atoms with van der Waals surface area (Å²) in [5.74, 6) is 0.601. The zero-order chi connectivity index (χ0) is 10.1. The molecule has 5 nitrogen and oxygen atoms in total. The third-order valence-electron chi connectivity index (χ3n) is 2.35. The summed E-state index contributed by atoms with van der Waals surface area (Å²) in [6.07, 6.45) is 0. The van der Waals surface area contributed by atoms with Gasteiger partial charge in [0.2, 0.25) is 5.88 Å². The molecule has 5 heteroatoms. The molecule has 2 rings (SSSR count). The van der Waals surface area contributed by atoms with Crippen LogP contribution in [-0.2, 0) is 6.54 Å². The van der Waals surface area contributed by atoms with E-state index in [2.05, 4.69) is 22.2 Å². The monoisotopic (exact) mass is 195 g/mol. The number of nitrogens with one attached hydrogen (secondary N) is 1. The minimum absolute atomic E-state index is 0.242. The molecule has 76 valence electrons. The van der Waals surface area contributed by atoms with Gasteiger partial charge in [-0.15, -0.1) is 0 Å². The van der Waals surface area contributed by atoms with Crippen LogP contribution in [0, 0.1) is 0 Å². The van der Waals surface area contributed by atoms with Crippen LogP contribution in [0.2, 0.25) is 0 Å². The van der Waals surface area contributed by atoms with Gasteiger partial charge in [-0.2, -0.15) is 9.97 Å². The van der Waals surface area contributed by atoms with Crippen LogP contribution in [0.25, 0.3) is 0 Å². The molecule has 0 amide bonds.